The Morgan fingerprint density at radius 3 is 1.80 bits per heavy atom. The molecular weight excluding hydrogens is 636 g/mol. The SMILES string of the molecule is COc1cc(C2Oc3c(/C=C/c4ccccc4)c(OCc4ccccc4)cc(OCc4ccccc4)c3CC2OCc2ccccc2)ccc1O. The largest absolute Gasteiger partial charge is 0.504 e. The standard InChI is InChI=1S/C45H40O6/c1-47-42-26-36(23-25-39(42)46)44-43(50-31-35-20-12-5-13-21-35)27-38-41(49-30-34-18-10-4-11-19-34)28-40(48-29-33-16-8-3-9-17-33)37(45(38)51-44)24-22-32-14-6-2-7-15-32/h2-26,28,43-44,46H,27,29-31H2,1H3/b24-22+. The van der Waals surface area contributed by atoms with Crippen LogP contribution in [0.1, 0.15) is 45.0 Å². The molecule has 0 amide bonds. The summed E-state index contributed by atoms with van der Waals surface area (Å²) in [5.41, 5.74) is 6.71. The maximum absolute atomic E-state index is 10.5. The van der Waals surface area contributed by atoms with E-state index in [1.807, 2.05) is 127 Å². The molecule has 0 radical (unpaired) electrons. The minimum Gasteiger partial charge on any atom is -0.504 e. The number of rotatable bonds is 13. The maximum Gasteiger partial charge on any atom is 0.160 e. The summed E-state index contributed by atoms with van der Waals surface area (Å²) in [7, 11) is 1.54. The van der Waals surface area contributed by atoms with E-state index in [1.54, 1.807) is 13.2 Å². The summed E-state index contributed by atoms with van der Waals surface area (Å²) in [6, 6.07) is 47.7. The Bertz CT molecular complexity index is 2050. The number of hydrogen-bond acceptors (Lipinski definition) is 6. The van der Waals surface area contributed by atoms with Gasteiger partial charge >= 0.3 is 0 Å². The minimum atomic E-state index is -0.536. The molecule has 1 heterocycles. The van der Waals surface area contributed by atoms with Crippen molar-refractivity contribution in [3.8, 4) is 28.7 Å². The van der Waals surface area contributed by atoms with E-state index in [0.717, 1.165) is 38.9 Å². The summed E-state index contributed by atoms with van der Waals surface area (Å²) < 4.78 is 32.5. The van der Waals surface area contributed by atoms with E-state index in [1.165, 1.54) is 0 Å². The van der Waals surface area contributed by atoms with Crippen LogP contribution >= 0.6 is 0 Å². The first-order valence-corrected chi connectivity index (χ1v) is 17.1. The number of phenolic OH excluding ortho intramolecular Hbond substituents is 1. The average Bonchev–Trinajstić information content (AvgIpc) is 3.19. The fourth-order valence-corrected chi connectivity index (χ4v) is 6.21. The van der Waals surface area contributed by atoms with E-state index in [-0.39, 0.29) is 5.75 Å². The van der Waals surface area contributed by atoms with Gasteiger partial charge in [-0.25, -0.2) is 0 Å². The summed E-state index contributed by atoms with van der Waals surface area (Å²) in [6.07, 6.45) is 3.69. The molecule has 0 saturated heterocycles. The first-order chi connectivity index (χ1) is 25.1. The highest BCUT2D eigenvalue weighted by atomic mass is 16.5. The van der Waals surface area contributed by atoms with Gasteiger partial charge in [-0.15, -0.1) is 0 Å². The van der Waals surface area contributed by atoms with Crippen molar-refractivity contribution in [3.05, 3.63) is 185 Å². The molecule has 6 heteroatoms. The molecule has 2 atom stereocenters. The Morgan fingerprint density at radius 1 is 0.627 bits per heavy atom. The zero-order valence-corrected chi connectivity index (χ0v) is 28.5. The molecule has 1 aliphatic heterocycles. The summed E-state index contributed by atoms with van der Waals surface area (Å²) >= 11 is 0. The molecule has 0 saturated carbocycles. The molecule has 0 fully saturated rings. The molecule has 0 aliphatic carbocycles. The van der Waals surface area contributed by atoms with Gasteiger partial charge in [0, 0.05) is 18.1 Å². The predicted molar refractivity (Wildman–Crippen MR) is 200 cm³/mol. The van der Waals surface area contributed by atoms with Gasteiger partial charge in [0.2, 0.25) is 0 Å². The molecule has 0 bridgehead atoms. The van der Waals surface area contributed by atoms with Gasteiger partial charge in [-0.05, 0) is 46.0 Å². The van der Waals surface area contributed by atoms with E-state index in [9.17, 15) is 5.11 Å². The van der Waals surface area contributed by atoms with Crippen LogP contribution in [0.4, 0.5) is 0 Å². The number of ether oxygens (including phenoxy) is 5. The second-order valence-corrected chi connectivity index (χ2v) is 12.4. The number of hydrogen-bond donors (Lipinski definition) is 1. The van der Waals surface area contributed by atoms with Crippen molar-refractivity contribution in [2.75, 3.05) is 7.11 Å². The van der Waals surface area contributed by atoms with Crippen LogP contribution in [0, 0.1) is 0 Å². The molecule has 1 aliphatic rings. The molecule has 6 aromatic carbocycles. The lowest BCUT2D eigenvalue weighted by Gasteiger charge is -2.36. The van der Waals surface area contributed by atoms with Crippen LogP contribution in [0.3, 0.4) is 0 Å². The lowest BCUT2D eigenvalue weighted by molar-refractivity contribution is -0.0469. The topological polar surface area (TPSA) is 66.4 Å². The van der Waals surface area contributed by atoms with Crippen LogP contribution in [0.2, 0.25) is 0 Å². The third kappa shape index (κ3) is 8.26. The van der Waals surface area contributed by atoms with Crippen molar-refractivity contribution in [1.29, 1.82) is 0 Å². The Labute approximate surface area is 299 Å². The molecule has 51 heavy (non-hydrogen) atoms. The quantitative estimate of drug-likeness (QED) is 0.123. The smallest absolute Gasteiger partial charge is 0.160 e. The van der Waals surface area contributed by atoms with Gasteiger partial charge in [0.25, 0.3) is 0 Å². The molecule has 6 nitrogen and oxygen atoms in total. The zero-order chi connectivity index (χ0) is 34.8. The highest BCUT2D eigenvalue weighted by Gasteiger charge is 2.37. The monoisotopic (exact) mass is 676 g/mol. The lowest BCUT2D eigenvalue weighted by Crippen LogP contribution is -2.33. The molecule has 7 rings (SSSR count). The van der Waals surface area contributed by atoms with E-state index >= 15 is 0 Å². The molecular formula is C45H40O6. The number of methoxy groups -OCH3 is 1. The van der Waals surface area contributed by atoms with E-state index < -0.39 is 12.2 Å². The van der Waals surface area contributed by atoms with Gasteiger partial charge in [0.1, 0.15) is 36.6 Å². The van der Waals surface area contributed by atoms with Crippen LogP contribution in [0.25, 0.3) is 12.2 Å². The van der Waals surface area contributed by atoms with Crippen molar-refractivity contribution < 1.29 is 28.8 Å². The van der Waals surface area contributed by atoms with Gasteiger partial charge in [0.15, 0.2) is 17.6 Å². The Morgan fingerprint density at radius 2 is 1.20 bits per heavy atom. The minimum absolute atomic E-state index is 0.0545. The van der Waals surface area contributed by atoms with Crippen LogP contribution in [-0.2, 0) is 31.0 Å². The molecule has 6 aromatic rings. The number of phenols is 1. The van der Waals surface area contributed by atoms with Crippen LogP contribution in [0.5, 0.6) is 28.7 Å². The Balaban J connectivity index is 1.35. The first-order valence-electron chi connectivity index (χ1n) is 17.1. The van der Waals surface area contributed by atoms with Gasteiger partial charge in [-0.1, -0.05) is 133 Å². The number of aromatic hydroxyl groups is 1. The van der Waals surface area contributed by atoms with Crippen molar-refractivity contribution in [2.24, 2.45) is 0 Å². The fourth-order valence-electron chi connectivity index (χ4n) is 6.21. The number of benzene rings is 6. The molecule has 0 spiro atoms. The van der Waals surface area contributed by atoms with E-state index in [0.29, 0.717) is 49.2 Å². The van der Waals surface area contributed by atoms with E-state index in [2.05, 4.69) is 24.3 Å². The fraction of sp³-hybridized carbons (Fsp3) is 0.156. The third-order valence-electron chi connectivity index (χ3n) is 8.89. The molecule has 256 valence electrons. The van der Waals surface area contributed by atoms with Gasteiger partial charge in [-0.3, -0.25) is 0 Å². The first kappa shape index (κ1) is 33.5. The predicted octanol–water partition coefficient (Wildman–Crippen LogP) is 9.99. The van der Waals surface area contributed by atoms with Crippen LogP contribution in [-0.4, -0.2) is 18.3 Å². The van der Waals surface area contributed by atoms with Crippen molar-refractivity contribution >= 4 is 12.2 Å². The summed E-state index contributed by atoms with van der Waals surface area (Å²) in [5.74, 6) is 2.38. The zero-order valence-electron chi connectivity index (χ0n) is 28.5. The second-order valence-electron chi connectivity index (χ2n) is 12.4. The van der Waals surface area contributed by atoms with Gasteiger partial charge < -0.3 is 28.8 Å². The normalized spacial score (nSPS) is 15.2. The summed E-state index contributed by atoms with van der Waals surface area (Å²) in [6.45, 7) is 1.14. The van der Waals surface area contributed by atoms with Crippen LogP contribution < -0.4 is 18.9 Å². The average molecular weight is 677 g/mol. The molecule has 2 unspecified atom stereocenters. The van der Waals surface area contributed by atoms with E-state index in [4.69, 9.17) is 23.7 Å². The maximum atomic E-state index is 10.5. The van der Waals surface area contributed by atoms with Gasteiger partial charge in [-0.2, -0.15) is 0 Å². The Hall–Kier alpha value is -5.98. The van der Waals surface area contributed by atoms with Crippen LogP contribution in [0.15, 0.2) is 146 Å². The van der Waals surface area contributed by atoms with Crippen molar-refractivity contribution in [2.45, 2.75) is 38.4 Å². The lowest BCUT2D eigenvalue weighted by atomic mass is 9.91. The second kappa shape index (κ2) is 16.2. The number of fused-ring (bicyclic) bond motifs is 1. The van der Waals surface area contributed by atoms with Crippen molar-refractivity contribution in [1.82, 2.24) is 0 Å². The highest BCUT2D eigenvalue weighted by Crippen LogP contribution is 2.48. The molecule has 1 N–H and O–H groups in total. The van der Waals surface area contributed by atoms with Gasteiger partial charge in [0.05, 0.1) is 19.3 Å². The third-order valence-corrected chi connectivity index (χ3v) is 8.89. The summed E-state index contributed by atoms with van der Waals surface area (Å²) in [5, 5.41) is 10.5. The van der Waals surface area contributed by atoms with Crippen molar-refractivity contribution in [3.63, 3.8) is 0 Å². The Kier molecular flexibility index (Phi) is 10.6. The molecule has 0 aromatic heterocycles. The highest BCUT2D eigenvalue weighted by molar-refractivity contribution is 5.79. The summed E-state index contributed by atoms with van der Waals surface area (Å²) in [4.78, 5) is 0.